The number of carbonyl (C=O) groups excluding carboxylic acids is 1. The van der Waals surface area contributed by atoms with Crippen LogP contribution in [0.4, 0.5) is 5.69 Å². The number of pyridine rings is 1. The summed E-state index contributed by atoms with van der Waals surface area (Å²) in [6.45, 7) is 0.227. The maximum absolute atomic E-state index is 11.6. The molecule has 152 valence electrons. The zero-order chi connectivity index (χ0) is 21.1. The smallest absolute Gasteiger partial charge is 0.337 e. The first-order valence-electron chi connectivity index (χ1n) is 8.95. The van der Waals surface area contributed by atoms with E-state index in [-0.39, 0.29) is 6.61 Å². The first-order valence-corrected chi connectivity index (χ1v) is 10.1. The van der Waals surface area contributed by atoms with Crippen molar-refractivity contribution in [1.82, 2.24) is 4.98 Å². The molecule has 0 bridgehead atoms. The molecule has 0 unspecified atom stereocenters. The maximum Gasteiger partial charge on any atom is 0.337 e. The van der Waals surface area contributed by atoms with Crippen LogP contribution in [0.25, 0.3) is 21.9 Å². The molecule has 3 heterocycles. The molecule has 4 rings (SSSR count). The Kier molecular flexibility index (Phi) is 5.74. The summed E-state index contributed by atoms with van der Waals surface area (Å²) in [5.74, 6) is 0.519. The molecule has 0 aliphatic rings. The number of methoxy groups -OCH3 is 1. The van der Waals surface area contributed by atoms with Gasteiger partial charge in [-0.2, -0.15) is 0 Å². The number of aromatic nitrogens is 1. The fourth-order valence-corrected chi connectivity index (χ4v) is 3.87. The number of nitrogens with two attached hydrogens (primary N) is 1. The Hall–Kier alpha value is -3.29. The van der Waals surface area contributed by atoms with Crippen molar-refractivity contribution in [3.63, 3.8) is 0 Å². The molecule has 0 aliphatic heterocycles. The van der Waals surface area contributed by atoms with Gasteiger partial charge in [-0.15, -0.1) is 11.3 Å². The molecule has 1 aromatic carbocycles. The second kappa shape index (κ2) is 8.61. The summed E-state index contributed by atoms with van der Waals surface area (Å²) in [5, 5.41) is 0. The van der Waals surface area contributed by atoms with E-state index in [1.54, 1.807) is 36.6 Å². The summed E-state index contributed by atoms with van der Waals surface area (Å²) in [7, 11) is 1.35. The standard InChI is InChI=1S/C22H17ClN2O4S/c1-27-22(26)14-6-4-13(5-7-14)12-29-21-20(24)15(17-3-2-10-28-17)11-16(25-21)18-8-9-19(23)30-18/h2-11H,12,24H2,1H3. The number of ether oxygens (including phenoxy) is 2. The van der Waals surface area contributed by atoms with E-state index in [9.17, 15) is 4.79 Å². The van der Waals surface area contributed by atoms with E-state index in [0.717, 1.165) is 10.4 Å². The van der Waals surface area contributed by atoms with Crippen LogP contribution >= 0.6 is 22.9 Å². The highest BCUT2D eigenvalue weighted by Crippen LogP contribution is 2.38. The number of hydrogen-bond acceptors (Lipinski definition) is 7. The number of halogens is 1. The summed E-state index contributed by atoms with van der Waals surface area (Å²) >= 11 is 7.51. The van der Waals surface area contributed by atoms with E-state index in [2.05, 4.69) is 4.98 Å². The van der Waals surface area contributed by atoms with Crippen molar-refractivity contribution in [1.29, 1.82) is 0 Å². The van der Waals surface area contributed by atoms with Gasteiger partial charge in [-0.05, 0) is 48.0 Å². The molecular weight excluding hydrogens is 424 g/mol. The van der Waals surface area contributed by atoms with Crippen LogP contribution in [0.2, 0.25) is 4.34 Å². The van der Waals surface area contributed by atoms with Crippen LogP contribution in [0.15, 0.2) is 65.3 Å². The topological polar surface area (TPSA) is 87.6 Å². The highest BCUT2D eigenvalue weighted by molar-refractivity contribution is 7.19. The molecule has 0 amide bonds. The largest absolute Gasteiger partial charge is 0.471 e. The van der Waals surface area contributed by atoms with Gasteiger partial charge in [0.05, 0.1) is 33.8 Å². The number of rotatable bonds is 6. The third kappa shape index (κ3) is 4.17. The number of anilines is 1. The second-order valence-electron chi connectivity index (χ2n) is 6.33. The quantitative estimate of drug-likeness (QED) is 0.388. The molecular formula is C22H17ClN2O4S. The summed E-state index contributed by atoms with van der Waals surface area (Å²) in [4.78, 5) is 17.1. The first kappa shape index (κ1) is 20.0. The Balaban J connectivity index is 1.65. The van der Waals surface area contributed by atoms with Gasteiger partial charge >= 0.3 is 5.97 Å². The lowest BCUT2D eigenvalue weighted by atomic mass is 10.1. The molecule has 0 saturated heterocycles. The minimum absolute atomic E-state index is 0.227. The molecule has 0 spiro atoms. The number of thiophene rings is 1. The van der Waals surface area contributed by atoms with Gasteiger partial charge in [0.1, 0.15) is 18.1 Å². The molecule has 2 N–H and O–H groups in total. The molecule has 30 heavy (non-hydrogen) atoms. The fourth-order valence-electron chi connectivity index (χ4n) is 2.86. The number of carbonyl (C=O) groups is 1. The first-order chi connectivity index (χ1) is 14.5. The van der Waals surface area contributed by atoms with Crippen molar-refractivity contribution in [2.75, 3.05) is 12.8 Å². The van der Waals surface area contributed by atoms with Crippen LogP contribution in [0.5, 0.6) is 5.88 Å². The van der Waals surface area contributed by atoms with Crippen LogP contribution in [-0.4, -0.2) is 18.1 Å². The number of hydrogen-bond donors (Lipinski definition) is 1. The van der Waals surface area contributed by atoms with Crippen LogP contribution in [0.1, 0.15) is 15.9 Å². The number of esters is 1. The molecule has 3 aromatic heterocycles. The lowest BCUT2D eigenvalue weighted by Gasteiger charge is -2.13. The summed E-state index contributed by atoms with van der Waals surface area (Å²) in [5.41, 5.74) is 9.41. The summed E-state index contributed by atoms with van der Waals surface area (Å²) in [6, 6.07) is 16.1. The average molecular weight is 441 g/mol. The monoisotopic (exact) mass is 440 g/mol. The maximum atomic E-state index is 11.6. The van der Waals surface area contributed by atoms with Gasteiger partial charge in [0, 0.05) is 5.56 Å². The number of nitrogen functional groups attached to an aromatic ring is 1. The number of furan rings is 1. The van der Waals surface area contributed by atoms with Crippen molar-refractivity contribution in [3.8, 4) is 27.8 Å². The Morgan fingerprint density at radius 1 is 1.20 bits per heavy atom. The molecule has 8 heteroatoms. The highest BCUT2D eigenvalue weighted by atomic mass is 35.5. The number of benzene rings is 1. The van der Waals surface area contributed by atoms with Crippen molar-refractivity contribution in [2.24, 2.45) is 0 Å². The highest BCUT2D eigenvalue weighted by Gasteiger charge is 2.17. The van der Waals surface area contributed by atoms with Crippen molar-refractivity contribution < 1.29 is 18.7 Å². The Labute approximate surface area is 181 Å². The Morgan fingerprint density at radius 2 is 2.00 bits per heavy atom. The van der Waals surface area contributed by atoms with Crippen LogP contribution in [0.3, 0.4) is 0 Å². The molecule has 0 fully saturated rings. The second-order valence-corrected chi connectivity index (χ2v) is 8.05. The summed E-state index contributed by atoms with van der Waals surface area (Å²) in [6.07, 6.45) is 1.58. The third-order valence-electron chi connectivity index (χ3n) is 4.39. The van der Waals surface area contributed by atoms with Gasteiger partial charge in [0.2, 0.25) is 5.88 Å². The predicted molar refractivity (Wildman–Crippen MR) is 117 cm³/mol. The fraction of sp³-hybridized carbons (Fsp3) is 0.0909. The minimum Gasteiger partial charge on any atom is -0.471 e. The van der Waals surface area contributed by atoms with Crippen molar-refractivity contribution >= 4 is 34.6 Å². The summed E-state index contributed by atoms with van der Waals surface area (Å²) < 4.78 is 16.8. The van der Waals surface area contributed by atoms with Gasteiger partial charge in [-0.25, -0.2) is 9.78 Å². The van der Waals surface area contributed by atoms with Gasteiger partial charge in [-0.1, -0.05) is 23.7 Å². The van der Waals surface area contributed by atoms with Gasteiger partial charge in [0.15, 0.2) is 0 Å². The average Bonchev–Trinajstić information content (AvgIpc) is 3.45. The normalized spacial score (nSPS) is 10.7. The van der Waals surface area contributed by atoms with Gasteiger partial charge in [0.25, 0.3) is 0 Å². The van der Waals surface area contributed by atoms with E-state index in [1.807, 2.05) is 24.3 Å². The van der Waals surface area contributed by atoms with Gasteiger partial charge in [-0.3, -0.25) is 0 Å². The molecule has 0 radical (unpaired) electrons. The van der Waals surface area contributed by atoms with E-state index in [4.69, 9.17) is 31.2 Å². The van der Waals surface area contributed by atoms with Crippen molar-refractivity contribution in [3.05, 3.63) is 76.3 Å². The zero-order valence-corrected chi connectivity index (χ0v) is 17.5. The van der Waals surface area contributed by atoms with Crippen LogP contribution < -0.4 is 10.5 Å². The molecule has 0 atom stereocenters. The van der Waals surface area contributed by atoms with E-state index in [1.165, 1.54) is 18.4 Å². The lowest BCUT2D eigenvalue weighted by molar-refractivity contribution is 0.0600. The van der Waals surface area contributed by atoms with E-state index in [0.29, 0.717) is 38.5 Å². The van der Waals surface area contributed by atoms with Gasteiger partial charge < -0.3 is 19.6 Å². The van der Waals surface area contributed by atoms with Crippen LogP contribution in [-0.2, 0) is 11.3 Å². The minimum atomic E-state index is -0.390. The Bertz CT molecular complexity index is 1170. The number of nitrogens with zero attached hydrogens (tertiary/aromatic N) is 1. The molecule has 0 saturated carbocycles. The Morgan fingerprint density at radius 3 is 2.63 bits per heavy atom. The molecule has 0 aliphatic carbocycles. The third-order valence-corrected chi connectivity index (χ3v) is 5.64. The van der Waals surface area contributed by atoms with E-state index >= 15 is 0 Å². The predicted octanol–water partition coefficient (Wildman–Crippen LogP) is 5.67. The van der Waals surface area contributed by atoms with E-state index < -0.39 is 5.97 Å². The van der Waals surface area contributed by atoms with Crippen molar-refractivity contribution in [2.45, 2.75) is 6.61 Å². The molecule has 6 nitrogen and oxygen atoms in total. The zero-order valence-electron chi connectivity index (χ0n) is 15.9. The lowest BCUT2D eigenvalue weighted by Crippen LogP contribution is -2.04. The molecule has 4 aromatic rings. The SMILES string of the molecule is COC(=O)c1ccc(COc2nc(-c3ccc(Cl)s3)cc(-c3ccco3)c2N)cc1. The van der Waals surface area contributed by atoms with Crippen LogP contribution in [0, 0.1) is 0 Å².